The summed E-state index contributed by atoms with van der Waals surface area (Å²) < 4.78 is 6.08. The smallest absolute Gasteiger partial charge is 0.138 e. The minimum atomic E-state index is 0. The zero-order valence-electron chi connectivity index (χ0n) is 16.5. The predicted octanol–water partition coefficient (Wildman–Crippen LogP) is 5.84. The molecule has 0 amide bonds. The van der Waals surface area contributed by atoms with Crippen molar-refractivity contribution in [2.75, 3.05) is 13.1 Å². The maximum absolute atomic E-state index is 6.08. The molecule has 0 fully saturated rings. The summed E-state index contributed by atoms with van der Waals surface area (Å²) in [6.07, 6.45) is 0. The molecule has 1 aliphatic rings. The Balaban J connectivity index is 0.00000116. The average Bonchev–Trinajstić information content (AvgIpc) is 3.52. The van der Waals surface area contributed by atoms with Gasteiger partial charge in [-0.15, -0.1) is 24.8 Å². The van der Waals surface area contributed by atoms with Gasteiger partial charge in [0.25, 0.3) is 0 Å². The van der Waals surface area contributed by atoms with E-state index < -0.39 is 0 Å². The van der Waals surface area contributed by atoms with Gasteiger partial charge >= 0.3 is 0 Å². The average molecular weight is 451 g/mol. The van der Waals surface area contributed by atoms with Crippen LogP contribution >= 0.6 is 24.8 Å². The third kappa shape index (κ3) is 3.78. The molecule has 3 heterocycles. The number of aromatic nitrogens is 2. The number of para-hydroxylation sites is 2. The van der Waals surface area contributed by atoms with E-state index in [0.717, 1.165) is 69.2 Å². The summed E-state index contributed by atoms with van der Waals surface area (Å²) in [4.78, 5) is 12.5. The van der Waals surface area contributed by atoms with Crippen molar-refractivity contribution in [1.82, 2.24) is 15.3 Å². The second-order valence-corrected chi connectivity index (χ2v) is 7.20. The highest BCUT2D eigenvalue weighted by Crippen LogP contribution is 2.30. The van der Waals surface area contributed by atoms with Crippen molar-refractivity contribution in [3.8, 4) is 22.7 Å². The fourth-order valence-electron chi connectivity index (χ4n) is 3.81. The monoisotopic (exact) mass is 450 g/mol. The van der Waals surface area contributed by atoms with Crippen LogP contribution in [0.5, 0.6) is 0 Å². The largest absolute Gasteiger partial charge is 0.456 e. The lowest BCUT2D eigenvalue weighted by Crippen LogP contribution is -2.19. The van der Waals surface area contributed by atoms with Crippen LogP contribution in [-0.2, 0) is 0 Å². The molecular formula is C24H20Cl2N4O. The normalized spacial score (nSPS) is 12.8. The molecule has 31 heavy (non-hydrogen) atoms. The van der Waals surface area contributed by atoms with Crippen LogP contribution in [0, 0.1) is 0 Å². The van der Waals surface area contributed by atoms with Crippen LogP contribution < -0.4 is 5.32 Å². The molecule has 0 unspecified atom stereocenters. The van der Waals surface area contributed by atoms with Crippen LogP contribution in [0.2, 0.25) is 0 Å². The molecule has 5 nitrogen and oxygen atoms in total. The standard InChI is InChI=1S/C24H18N4O.2ClH/c1-2-4-20-19(3-1)27-24(28-20)16-7-5-15(6-8-16)22-14-18-13-17(9-10-21(18)29-22)23-25-11-12-26-23;;/h1-10,13-14H,11-12H2,(H,25,26)(H,27,28);2*1H. The second kappa shape index (κ2) is 8.46. The van der Waals surface area contributed by atoms with Crippen molar-refractivity contribution >= 4 is 52.7 Å². The van der Waals surface area contributed by atoms with E-state index in [1.54, 1.807) is 0 Å². The first kappa shape index (κ1) is 21.0. The lowest BCUT2D eigenvalue weighted by molar-refractivity contribution is 0.631. The molecule has 0 saturated carbocycles. The lowest BCUT2D eigenvalue weighted by Gasteiger charge is -2.01. The van der Waals surface area contributed by atoms with Crippen molar-refractivity contribution in [1.29, 1.82) is 0 Å². The van der Waals surface area contributed by atoms with E-state index in [1.165, 1.54) is 0 Å². The first-order chi connectivity index (χ1) is 14.3. The lowest BCUT2D eigenvalue weighted by atomic mass is 10.1. The first-order valence-corrected chi connectivity index (χ1v) is 9.71. The number of hydrogen-bond donors (Lipinski definition) is 2. The highest BCUT2D eigenvalue weighted by Gasteiger charge is 2.12. The summed E-state index contributed by atoms with van der Waals surface area (Å²) in [6.45, 7) is 1.74. The molecule has 0 aliphatic carbocycles. The molecule has 2 N–H and O–H groups in total. The maximum atomic E-state index is 6.08. The minimum Gasteiger partial charge on any atom is -0.456 e. The fourth-order valence-corrected chi connectivity index (χ4v) is 3.81. The van der Waals surface area contributed by atoms with Gasteiger partial charge in [-0.05, 0) is 36.4 Å². The number of imidazole rings is 1. The number of furan rings is 1. The molecule has 3 aromatic carbocycles. The van der Waals surface area contributed by atoms with Crippen molar-refractivity contribution in [3.05, 3.63) is 78.4 Å². The van der Waals surface area contributed by atoms with E-state index in [1.807, 2.05) is 30.3 Å². The number of aliphatic imine (C=N–C) groups is 1. The second-order valence-electron chi connectivity index (χ2n) is 7.20. The van der Waals surface area contributed by atoms with Crippen LogP contribution in [-0.4, -0.2) is 28.9 Å². The van der Waals surface area contributed by atoms with Gasteiger partial charge in [0.2, 0.25) is 0 Å². The molecule has 5 aromatic rings. The Kier molecular flexibility index (Phi) is 5.72. The van der Waals surface area contributed by atoms with Crippen LogP contribution in [0.1, 0.15) is 5.56 Å². The van der Waals surface area contributed by atoms with Crippen LogP contribution in [0.25, 0.3) is 44.7 Å². The minimum absolute atomic E-state index is 0. The number of halogens is 2. The predicted molar refractivity (Wildman–Crippen MR) is 131 cm³/mol. The number of hydrogen-bond acceptors (Lipinski definition) is 4. The third-order valence-corrected chi connectivity index (χ3v) is 5.30. The Morgan fingerprint density at radius 1 is 0.806 bits per heavy atom. The summed E-state index contributed by atoms with van der Waals surface area (Å²) in [5.74, 6) is 2.69. The molecular weight excluding hydrogens is 431 g/mol. The van der Waals surface area contributed by atoms with E-state index >= 15 is 0 Å². The topological polar surface area (TPSA) is 66.2 Å². The Morgan fingerprint density at radius 2 is 1.58 bits per heavy atom. The van der Waals surface area contributed by atoms with Crippen LogP contribution in [0.3, 0.4) is 0 Å². The quantitative estimate of drug-likeness (QED) is 0.362. The van der Waals surface area contributed by atoms with Gasteiger partial charge in [0.05, 0.1) is 17.6 Å². The van der Waals surface area contributed by atoms with Gasteiger partial charge in [0.1, 0.15) is 23.0 Å². The number of fused-ring (bicyclic) bond motifs is 2. The third-order valence-electron chi connectivity index (χ3n) is 5.30. The number of nitrogens with zero attached hydrogens (tertiary/aromatic N) is 2. The van der Waals surface area contributed by atoms with Crippen molar-refractivity contribution in [3.63, 3.8) is 0 Å². The van der Waals surface area contributed by atoms with Gasteiger partial charge in [0, 0.05) is 28.6 Å². The number of H-pyrrole nitrogens is 1. The van der Waals surface area contributed by atoms with E-state index in [2.05, 4.69) is 62.7 Å². The fraction of sp³-hybridized carbons (Fsp3) is 0.0833. The van der Waals surface area contributed by atoms with E-state index in [0.29, 0.717) is 0 Å². The van der Waals surface area contributed by atoms with Gasteiger partial charge in [-0.2, -0.15) is 0 Å². The van der Waals surface area contributed by atoms with E-state index in [9.17, 15) is 0 Å². The molecule has 0 spiro atoms. The summed E-state index contributed by atoms with van der Waals surface area (Å²) in [7, 11) is 0. The van der Waals surface area contributed by atoms with E-state index in [-0.39, 0.29) is 24.8 Å². The molecule has 1 aliphatic heterocycles. The molecule has 0 bridgehead atoms. The Morgan fingerprint density at radius 3 is 2.35 bits per heavy atom. The molecule has 156 valence electrons. The number of amidine groups is 1. The number of nitrogens with one attached hydrogen (secondary N) is 2. The van der Waals surface area contributed by atoms with Crippen LogP contribution in [0.15, 0.2) is 82.2 Å². The number of rotatable bonds is 3. The first-order valence-electron chi connectivity index (χ1n) is 9.71. The van der Waals surface area contributed by atoms with Gasteiger partial charge in [-0.1, -0.05) is 36.4 Å². The highest BCUT2D eigenvalue weighted by atomic mass is 35.5. The summed E-state index contributed by atoms with van der Waals surface area (Å²) in [5.41, 5.74) is 6.08. The highest BCUT2D eigenvalue weighted by molar-refractivity contribution is 6.02. The maximum Gasteiger partial charge on any atom is 0.138 e. The summed E-state index contributed by atoms with van der Waals surface area (Å²) >= 11 is 0. The Bertz CT molecular complexity index is 1350. The molecule has 6 rings (SSSR count). The number of aromatic amines is 1. The van der Waals surface area contributed by atoms with Crippen molar-refractivity contribution < 1.29 is 4.42 Å². The summed E-state index contributed by atoms with van der Waals surface area (Å²) in [5, 5.41) is 4.40. The molecule has 0 radical (unpaired) electrons. The van der Waals surface area contributed by atoms with Crippen molar-refractivity contribution in [2.45, 2.75) is 0 Å². The van der Waals surface area contributed by atoms with Gasteiger partial charge in [-0.25, -0.2) is 4.98 Å². The zero-order chi connectivity index (χ0) is 19.2. The van der Waals surface area contributed by atoms with Gasteiger partial charge < -0.3 is 14.7 Å². The Labute approximate surface area is 191 Å². The van der Waals surface area contributed by atoms with Gasteiger partial charge in [0.15, 0.2) is 0 Å². The molecule has 0 saturated heterocycles. The zero-order valence-corrected chi connectivity index (χ0v) is 18.1. The molecule has 2 aromatic heterocycles. The molecule has 7 heteroatoms. The van der Waals surface area contributed by atoms with Crippen LogP contribution in [0.4, 0.5) is 0 Å². The van der Waals surface area contributed by atoms with E-state index in [4.69, 9.17) is 4.42 Å². The molecule has 0 atom stereocenters. The van der Waals surface area contributed by atoms with Gasteiger partial charge in [-0.3, -0.25) is 4.99 Å². The Hall–Kier alpha value is -3.28. The number of benzene rings is 3. The van der Waals surface area contributed by atoms with Crippen molar-refractivity contribution in [2.24, 2.45) is 4.99 Å². The SMILES string of the molecule is Cl.Cl.c1ccc2[nH]c(-c3ccc(-c4cc5cc(C6=NCCN6)ccc5o4)cc3)nc2c1. The summed E-state index contributed by atoms with van der Waals surface area (Å²) in [6, 6.07) is 24.6.